The number of allylic oxidation sites excluding steroid dienone is 2. The number of alkyl halides is 1. The van der Waals surface area contributed by atoms with E-state index >= 15 is 0 Å². The van der Waals surface area contributed by atoms with Gasteiger partial charge in [-0.3, -0.25) is 0 Å². The lowest BCUT2D eigenvalue weighted by Crippen LogP contribution is -2.08. The highest BCUT2D eigenvalue weighted by Gasteiger charge is 2.13. The summed E-state index contributed by atoms with van der Waals surface area (Å²) < 4.78 is 0. The molecule has 0 fully saturated rings. The summed E-state index contributed by atoms with van der Waals surface area (Å²) >= 11 is 5.96. The first-order valence-electron chi connectivity index (χ1n) is 5.88. The first-order chi connectivity index (χ1) is 6.64. The van der Waals surface area contributed by atoms with Crippen LogP contribution in [0.4, 0.5) is 0 Å². The summed E-state index contributed by atoms with van der Waals surface area (Å²) in [6, 6.07) is 0. The van der Waals surface area contributed by atoms with E-state index in [2.05, 4.69) is 47.6 Å². The topological polar surface area (TPSA) is 0 Å². The Morgan fingerprint density at radius 1 is 1.00 bits per heavy atom. The van der Waals surface area contributed by atoms with Crippen LogP contribution in [-0.2, 0) is 0 Å². The predicted octanol–water partition coefficient (Wildman–Crippen LogP) is 5.41. The van der Waals surface area contributed by atoms with Crippen LogP contribution in [0.15, 0.2) is 11.6 Å². The van der Waals surface area contributed by atoms with Crippen LogP contribution in [0.1, 0.15) is 60.8 Å². The molecule has 0 aliphatic heterocycles. The molecule has 0 nitrogen and oxygen atoms in total. The number of rotatable bonds is 4. The van der Waals surface area contributed by atoms with Gasteiger partial charge in [0, 0.05) is 5.88 Å². The molecule has 0 heterocycles. The quantitative estimate of drug-likeness (QED) is 0.447. The maximum Gasteiger partial charge on any atom is 0.0433 e. The Balaban J connectivity index is 4.12. The van der Waals surface area contributed by atoms with Gasteiger partial charge in [0.05, 0.1) is 0 Å². The molecule has 0 unspecified atom stereocenters. The summed E-state index contributed by atoms with van der Waals surface area (Å²) in [5.41, 5.74) is 2.17. The van der Waals surface area contributed by atoms with E-state index in [0.717, 1.165) is 12.8 Å². The lowest BCUT2D eigenvalue weighted by atomic mass is 9.86. The van der Waals surface area contributed by atoms with Crippen LogP contribution in [0.3, 0.4) is 0 Å². The molecule has 0 atom stereocenters. The second kappa shape index (κ2) is 5.94. The molecule has 90 valence electrons. The first kappa shape index (κ1) is 15.0. The molecule has 0 aromatic heterocycles. The van der Waals surface area contributed by atoms with Crippen LogP contribution >= 0.6 is 11.6 Å². The Kier molecular flexibility index (Phi) is 5.95. The Morgan fingerprint density at radius 3 is 1.87 bits per heavy atom. The van der Waals surface area contributed by atoms with Gasteiger partial charge in [-0.15, -0.1) is 11.6 Å². The van der Waals surface area contributed by atoms with Crippen molar-refractivity contribution in [3.8, 4) is 0 Å². The second-order valence-electron chi connectivity index (χ2n) is 6.83. The van der Waals surface area contributed by atoms with Gasteiger partial charge >= 0.3 is 0 Å². The van der Waals surface area contributed by atoms with Crippen LogP contribution in [0.5, 0.6) is 0 Å². The van der Waals surface area contributed by atoms with Crippen molar-refractivity contribution in [1.82, 2.24) is 0 Å². The highest BCUT2D eigenvalue weighted by Crippen LogP contribution is 2.26. The van der Waals surface area contributed by atoms with Crippen molar-refractivity contribution in [3.05, 3.63) is 11.6 Å². The van der Waals surface area contributed by atoms with E-state index in [-0.39, 0.29) is 0 Å². The Bertz CT molecular complexity index is 200. The SMILES string of the molecule is CC(C)(C)CCC=C(CCl)CC(C)(C)C. The third kappa shape index (κ3) is 10.3. The molecule has 0 aliphatic rings. The standard InChI is InChI=1S/C14H27Cl/c1-13(2,3)9-7-8-12(11-15)10-14(4,5)6/h8H,7,9-11H2,1-6H3. The van der Waals surface area contributed by atoms with Crippen molar-refractivity contribution in [3.63, 3.8) is 0 Å². The minimum Gasteiger partial charge on any atom is -0.122 e. The minimum absolute atomic E-state index is 0.350. The van der Waals surface area contributed by atoms with Gasteiger partial charge in [0.15, 0.2) is 0 Å². The second-order valence-corrected chi connectivity index (χ2v) is 7.10. The number of halogens is 1. The molecule has 15 heavy (non-hydrogen) atoms. The summed E-state index contributed by atoms with van der Waals surface area (Å²) in [6.07, 6.45) is 5.84. The Hall–Kier alpha value is 0.0300. The zero-order valence-electron chi connectivity index (χ0n) is 11.3. The lowest BCUT2D eigenvalue weighted by molar-refractivity contribution is 0.379. The molecule has 0 bridgehead atoms. The molecule has 0 rings (SSSR count). The molecule has 0 radical (unpaired) electrons. The highest BCUT2D eigenvalue weighted by molar-refractivity contribution is 6.19. The zero-order chi connectivity index (χ0) is 12.1. The molecule has 0 saturated carbocycles. The van der Waals surface area contributed by atoms with Gasteiger partial charge in [0.1, 0.15) is 0 Å². The van der Waals surface area contributed by atoms with Crippen molar-refractivity contribution in [2.45, 2.75) is 60.8 Å². The van der Waals surface area contributed by atoms with E-state index in [9.17, 15) is 0 Å². The third-order valence-electron chi connectivity index (χ3n) is 2.26. The normalized spacial score (nSPS) is 14.5. The van der Waals surface area contributed by atoms with Gasteiger partial charge in [-0.05, 0) is 30.1 Å². The molecule has 0 aromatic carbocycles. The number of hydrogen-bond acceptors (Lipinski definition) is 0. The van der Waals surface area contributed by atoms with Gasteiger partial charge in [0.25, 0.3) is 0 Å². The van der Waals surface area contributed by atoms with E-state index < -0.39 is 0 Å². The Morgan fingerprint density at radius 2 is 1.53 bits per heavy atom. The summed E-state index contributed by atoms with van der Waals surface area (Å²) in [7, 11) is 0. The first-order valence-corrected chi connectivity index (χ1v) is 6.41. The molecule has 0 aliphatic carbocycles. The van der Waals surface area contributed by atoms with Gasteiger partial charge in [0.2, 0.25) is 0 Å². The molecular weight excluding hydrogens is 204 g/mol. The molecule has 0 saturated heterocycles. The maximum atomic E-state index is 5.96. The monoisotopic (exact) mass is 230 g/mol. The van der Waals surface area contributed by atoms with Crippen LogP contribution < -0.4 is 0 Å². The van der Waals surface area contributed by atoms with E-state index in [1.807, 2.05) is 0 Å². The van der Waals surface area contributed by atoms with Gasteiger partial charge in [-0.25, -0.2) is 0 Å². The van der Waals surface area contributed by atoms with Crippen molar-refractivity contribution >= 4 is 11.6 Å². The lowest BCUT2D eigenvalue weighted by Gasteiger charge is -2.20. The minimum atomic E-state index is 0.350. The molecule has 0 spiro atoms. The van der Waals surface area contributed by atoms with Crippen LogP contribution in [0.25, 0.3) is 0 Å². The highest BCUT2D eigenvalue weighted by atomic mass is 35.5. The largest absolute Gasteiger partial charge is 0.122 e. The van der Waals surface area contributed by atoms with Gasteiger partial charge in [-0.2, -0.15) is 0 Å². The summed E-state index contributed by atoms with van der Waals surface area (Å²) in [4.78, 5) is 0. The van der Waals surface area contributed by atoms with Gasteiger partial charge in [-0.1, -0.05) is 53.2 Å². The summed E-state index contributed by atoms with van der Waals surface area (Å²) in [6.45, 7) is 13.6. The predicted molar refractivity (Wildman–Crippen MR) is 71.6 cm³/mol. The average Bonchev–Trinajstić information content (AvgIpc) is 1.97. The van der Waals surface area contributed by atoms with Crippen LogP contribution in [0.2, 0.25) is 0 Å². The smallest absolute Gasteiger partial charge is 0.0433 e. The molecule has 0 N–H and O–H groups in total. The molecule has 0 aromatic rings. The van der Waals surface area contributed by atoms with Gasteiger partial charge < -0.3 is 0 Å². The maximum absolute atomic E-state index is 5.96. The third-order valence-corrected chi connectivity index (χ3v) is 2.60. The number of hydrogen-bond donors (Lipinski definition) is 0. The van der Waals surface area contributed by atoms with E-state index in [1.165, 1.54) is 12.0 Å². The fourth-order valence-corrected chi connectivity index (χ4v) is 1.77. The average molecular weight is 231 g/mol. The van der Waals surface area contributed by atoms with Crippen LogP contribution in [0, 0.1) is 10.8 Å². The van der Waals surface area contributed by atoms with Crippen molar-refractivity contribution in [2.75, 3.05) is 5.88 Å². The fraction of sp³-hybridized carbons (Fsp3) is 0.857. The molecular formula is C14H27Cl. The van der Waals surface area contributed by atoms with Crippen LogP contribution in [-0.4, -0.2) is 5.88 Å². The summed E-state index contributed by atoms with van der Waals surface area (Å²) in [5, 5.41) is 0. The zero-order valence-corrected chi connectivity index (χ0v) is 12.0. The van der Waals surface area contributed by atoms with E-state index in [0.29, 0.717) is 16.7 Å². The van der Waals surface area contributed by atoms with E-state index in [4.69, 9.17) is 11.6 Å². The fourth-order valence-electron chi connectivity index (χ4n) is 1.56. The van der Waals surface area contributed by atoms with Crippen molar-refractivity contribution in [1.29, 1.82) is 0 Å². The molecule has 0 amide bonds. The van der Waals surface area contributed by atoms with Crippen molar-refractivity contribution < 1.29 is 0 Å². The van der Waals surface area contributed by atoms with E-state index in [1.54, 1.807) is 0 Å². The Labute approximate surface area is 101 Å². The van der Waals surface area contributed by atoms with Crippen molar-refractivity contribution in [2.24, 2.45) is 10.8 Å². The summed E-state index contributed by atoms with van der Waals surface area (Å²) in [5.74, 6) is 0.682. The molecule has 1 heteroatoms.